The fraction of sp³-hybridized carbons (Fsp3) is 1.00. The Labute approximate surface area is 117 Å². The van der Waals surface area contributed by atoms with Gasteiger partial charge in [-0.1, -0.05) is 74.2 Å². The van der Waals surface area contributed by atoms with Gasteiger partial charge in [0.1, 0.15) is 0 Å². The average molecular weight is 307 g/mol. The molecule has 1 nitrogen and oxygen atoms in total. The van der Waals surface area contributed by atoms with Crippen LogP contribution >= 0.6 is 15.9 Å². The van der Waals surface area contributed by atoms with E-state index in [0.29, 0.717) is 0 Å². The zero-order chi connectivity index (χ0) is 12.6. The van der Waals surface area contributed by atoms with E-state index in [1.807, 2.05) is 0 Å². The highest BCUT2D eigenvalue weighted by Gasteiger charge is 1.93. The summed E-state index contributed by atoms with van der Waals surface area (Å²) in [7, 11) is 0. The SMILES string of the molecule is CCCCCCOCCCCCCCCCBr. The molecule has 0 unspecified atom stereocenters. The lowest BCUT2D eigenvalue weighted by molar-refractivity contribution is 0.125. The van der Waals surface area contributed by atoms with Crippen LogP contribution in [0.5, 0.6) is 0 Å². The molecule has 0 aliphatic heterocycles. The summed E-state index contributed by atoms with van der Waals surface area (Å²) in [5.41, 5.74) is 0. The first-order chi connectivity index (χ1) is 8.41. The first kappa shape index (κ1) is 17.4. The Morgan fingerprint density at radius 1 is 0.647 bits per heavy atom. The van der Waals surface area contributed by atoms with Crippen molar-refractivity contribution in [2.24, 2.45) is 0 Å². The van der Waals surface area contributed by atoms with Crippen molar-refractivity contribution in [3.8, 4) is 0 Å². The van der Waals surface area contributed by atoms with Crippen molar-refractivity contribution in [2.75, 3.05) is 18.5 Å². The van der Waals surface area contributed by atoms with Crippen molar-refractivity contribution in [1.29, 1.82) is 0 Å². The van der Waals surface area contributed by atoms with E-state index in [4.69, 9.17) is 4.74 Å². The van der Waals surface area contributed by atoms with Gasteiger partial charge in [0.2, 0.25) is 0 Å². The van der Waals surface area contributed by atoms with Crippen LogP contribution in [-0.4, -0.2) is 18.5 Å². The molecular weight excluding hydrogens is 276 g/mol. The number of halogens is 1. The van der Waals surface area contributed by atoms with Crippen LogP contribution in [0.3, 0.4) is 0 Å². The third-order valence-electron chi connectivity index (χ3n) is 3.06. The average Bonchev–Trinajstić information content (AvgIpc) is 2.35. The quantitative estimate of drug-likeness (QED) is 0.295. The van der Waals surface area contributed by atoms with E-state index in [0.717, 1.165) is 13.2 Å². The first-order valence-electron chi connectivity index (χ1n) is 7.55. The van der Waals surface area contributed by atoms with Gasteiger partial charge in [0.05, 0.1) is 0 Å². The molecule has 0 heterocycles. The summed E-state index contributed by atoms with van der Waals surface area (Å²) in [6.07, 6.45) is 14.8. The van der Waals surface area contributed by atoms with E-state index < -0.39 is 0 Å². The zero-order valence-corrected chi connectivity index (χ0v) is 13.3. The predicted octanol–water partition coefficient (Wildman–Crippen LogP) is 5.71. The van der Waals surface area contributed by atoms with Crippen LogP contribution in [-0.2, 0) is 4.74 Å². The van der Waals surface area contributed by atoms with E-state index in [2.05, 4.69) is 22.9 Å². The lowest BCUT2D eigenvalue weighted by Crippen LogP contribution is -1.97. The van der Waals surface area contributed by atoms with E-state index >= 15 is 0 Å². The highest BCUT2D eigenvalue weighted by Crippen LogP contribution is 2.08. The minimum atomic E-state index is 0.977. The van der Waals surface area contributed by atoms with Gasteiger partial charge >= 0.3 is 0 Å². The highest BCUT2D eigenvalue weighted by atomic mass is 79.9. The van der Waals surface area contributed by atoms with Gasteiger partial charge in [-0.2, -0.15) is 0 Å². The van der Waals surface area contributed by atoms with Crippen molar-refractivity contribution in [3.63, 3.8) is 0 Å². The van der Waals surface area contributed by atoms with Gasteiger partial charge in [-0.15, -0.1) is 0 Å². The number of unbranched alkanes of at least 4 members (excludes halogenated alkanes) is 9. The van der Waals surface area contributed by atoms with Gasteiger partial charge in [-0.25, -0.2) is 0 Å². The fourth-order valence-electron chi connectivity index (χ4n) is 1.92. The third-order valence-corrected chi connectivity index (χ3v) is 3.63. The fourth-order valence-corrected chi connectivity index (χ4v) is 2.31. The minimum Gasteiger partial charge on any atom is -0.381 e. The third kappa shape index (κ3) is 16.4. The van der Waals surface area contributed by atoms with Crippen LogP contribution in [0.25, 0.3) is 0 Å². The van der Waals surface area contributed by atoms with E-state index in [9.17, 15) is 0 Å². The van der Waals surface area contributed by atoms with Gasteiger partial charge in [0, 0.05) is 18.5 Å². The number of hydrogen-bond acceptors (Lipinski definition) is 1. The monoisotopic (exact) mass is 306 g/mol. The molecule has 0 fully saturated rings. The summed E-state index contributed by atoms with van der Waals surface area (Å²) in [6.45, 7) is 4.21. The van der Waals surface area contributed by atoms with Crippen LogP contribution in [0.4, 0.5) is 0 Å². The zero-order valence-electron chi connectivity index (χ0n) is 11.7. The Kier molecular flexibility index (Phi) is 16.9. The lowest BCUT2D eigenvalue weighted by Gasteiger charge is -2.04. The molecule has 0 spiro atoms. The molecule has 0 aromatic heterocycles. The van der Waals surface area contributed by atoms with Crippen LogP contribution in [0.15, 0.2) is 0 Å². The molecule has 0 radical (unpaired) electrons. The van der Waals surface area contributed by atoms with Gasteiger partial charge in [0.15, 0.2) is 0 Å². The molecule has 0 aliphatic rings. The number of alkyl halides is 1. The Bertz CT molecular complexity index is 114. The summed E-state index contributed by atoms with van der Waals surface area (Å²) in [5, 5.41) is 1.17. The normalized spacial score (nSPS) is 10.9. The molecule has 0 saturated carbocycles. The first-order valence-corrected chi connectivity index (χ1v) is 8.67. The summed E-state index contributed by atoms with van der Waals surface area (Å²) < 4.78 is 5.62. The number of rotatable bonds is 14. The summed E-state index contributed by atoms with van der Waals surface area (Å²) >= 11 is 3.47. The van der Waals surface area contributed by atoms with Gasteiger partial charge < -0.3 is 4.74 Å². The second-order valence-electron chi connectivity index (χ2n) is 4.84. The van der Waals surface area contributed by atoms with E-state index in [1.165, 1.54) is 76.0 Å². The van der Waals surface area contributed by atoms with E-state index in [-0.39, 0.29) is 0 Å². The predicted molar refractivity (Wildman–Crippen MR) is 81.1 cm³/mol. The van der Waals surface area contributed by atoms with Crippen LogP contribution in [0.1, 0.15) is 77.6 Å². The maximum atomic E-state index is 5.62. The van der Waals surface area contributed by atoms with Crippen molar-refractivity contribution in [2.45, 2.75) is 77.6 Å². The lowest BCUT2D eigenvalue weighted by atomic mass is 10.1. The smallest absolute Gasteiger partial charge is 0.0466 e. The highest BCUT2D eigenvalue weighted by molar-refractivity contribution is 9.09. The molecule has 0 aromatic rings. The van der Waals surface area contributed by atoms with Gasteiger partial charge in [-0.05, 0) is 19.3 Å². The Morgan fingerprint density at radius 2 is 1.12 bits per heavy atom. The molecule has 0 saturated heterocycles. The largest absolute Gasteiger partial charge is 0.381 e. The molecule has 0 rings (SSSR count). The molecule has 0 amide bonds. The maximum Gasteiger partial charge on any atom is 0.0466 e. The molecule has 17 heavy (non-hydrogen) atoms. The number of hydrogen-bond donors (Lipinski definition) is 0. The summed E-state index contributed by atoms with van der Waals surface area (Å²) in [6, 6.07) is 0. The van der Waals surface area contributed by atoms with Gasteiger partial charge in [-0.3, -0.25) is 0 Å². The van der Waals surface area contributed by atoms with Crippen molar-refractivity contribution < 1.29 is 4.74 Å². The summed E-state index contributed by atoms with van der Waals surface area (Å²) in [5.74, 6) is 0. The molecule has 0 aromatic carbocycles. The van der Waals surface area contributed by atoms with Crippen molar-refractivity contribution >= 4 is 15.9 Å². The van der Waals surface area contributed by atoms with Crippen molar-refractivity contribution in [1.82, 2.24) is 0 Å². The van der Waals surface area contributed by atoms with Crippen molar-refractivity contribution in [3.05, 3.63) is 0 Å². The second kappa shape index (κ2) is 16.4. The van der Waals surface area contributed by atoms with Crippen LogP contribution < -0.4 is 0 Å². The molecule has 2 heteroatoms. The Morgan fingerprint density at radius 3 is 1.65 bits per heavy atom. The molecule has 0 aliphatic carbocycles. The minimum absolute atomic E-state index is 0.977. The molecule has 0 atom stereocenters. The van der Waals surface area contributed by atoms with Gasteiger partial charge in [0.25, 0.3) is 0 Å². The van der Waals surface area contributed by atoms with Crippen LogP contribution in [0, 0.1) is 0 Å². The Hall–Kier alpha value is 0.440. The maximum absolute atomic E-state index is 5.62. The number of ether oxygens (including phenoxy) is 1. The Balaban J connectivity index is 2.85. The standard InChI is InChI=1S/C15H31BrO/c1-2-3-4-11-14-17-15-12-9-7-5-6-8-10-13-16/h2-15H2,1H3. The van der Waals surface area contributed by atoms with E-state index in [1.54, 1.807) is 0 Å². The summed E-state index contributed by atoms with van der Waals surface area (Å²) in [4.78, 5) is 0. The topological polar surface area (TPSA) is 9.23 Å². The second-order valence-corrected chi connectivity index (χ2v) is 5.63. The molecular formula is C15H31BrO. The molecule has 104 valence electrons. The molecule has 0 bridgehead atoms. The molecule has 0 N–H and O–H groups in total. The van der Waals surface area contributed by atoms with Crippen LogP contribution in [0.2, 0.25) is 0 Å².